The monoisotopic (exact) mass is 407 g/mol. The number of furan rings is 1. The molecule has 0 aliphatic rings. The van der Waals surface area contributed by atoms with E-state index in [0.29, 0.717) is 12.0 Å². The van der Waals surface area contributed by atoms with Gasteiger partial charge in [-0.3, -0.25) is 0 Å². The molecular weight excluding hydrogens is 390 g/mol. The molecule has 0 saturated heterocycles. The number of aromatic nitrogens is 3. The molecule has 3 rings (SSSR count). The van der Waals surface area contributed by atoms with Crippen molar-refractivity contribution in [2.75, 3.05) is 13.2 Å². The van der Waals surface area contributed by atoms with Crippen LogP contribution >= 0.6 is 11.6 Å². The zero-order chi connectivity index (χ0) is 20.7. The Bertz CT molecular complexity index is 989. The normalized spacial score (nSPS) is 10.1. The van der Waals surface area contributed by atoms with Gasteiger partial charge in [0.05, 0.1) is 24.8 Å². The Labute approximate surface area is 165 Å². The number of pyridine rings is 1. The number of carbonyl (C=O) groups is 2. The highest BCUT2D eigenvalue weighted by Crippen LogP contribution is 2.31. The van der Waals surface area contributed by atoms with Gasteiger partial charge in [-0.2, -0.15) is 5.10 Å². The van der Waals surface area contributed by atoms with E-state index in [2.05, 4.69) is 15.2 Å². The molecule has 3 aromatic rings. The molecule has 0 amide bonds. The zero-order valence-corrected chi connectivity index (χ0v) is 16.2. The van der Waals surface area contributed by atoms with Crippen molar-refractivity contribution in [3.05, 3.63) is 46.6 Å². The van der Waals surface area contributed by atoms with Crippen molar-refractivity contribution in [2.45, 2.75) is 20.8 Å². The lowest BCUT2D eigenvalue weighted by Crippen LogP contribution is -2.06. The molecule has 148 valence electrons. The van der Waals surface area contributed by atoms with Crippen molar-refractivity contribution < 1.29 is 28.6 Å². The van der Waals surface area contributed by atoms with Crippen molar-refractivity contribution >= 4 is 34.6 Å². The third-order valence-electron chi connectivity index (χ3n) is 3.30. The number of aromatic hydroxyl groups is 1. The molecule has 1 N–H and O–H groups in total. The lowest BCUT2D eigenvalue weighted by molar-refractivity contribution is 0.0485. The molecule has 0 saturated carbocycles. The molecule has 0 spiro atoms. The fraction of sp³-hybridized carbons (Fsp3) is 0.278. The van der Waals surface area contributed by atoms with E-state index < -0.39 is 11.9 Å². The van der Waals surface area contributed by atoms with Gasteiger partial charge in [0.2, 0.25) is 5.71 Å². The van der Waals surface area contributed by atoms with E-state index >= 15 is 0 Å². The molecule has 3 aromatic heterocycles. The molecule has 10 heteroatoms. The third-order valence-corrected chi connectivity index (χ3v) is 3.58. The van der Waals surface area contributed by atoms with Crippen LogP contribution < -0.4 is 0 Å². The minimum atomic E-state index is -0.685. The minimum absolute atomic E-state index is 0.0657. The van der Waals surface area contributed by atoms with Crippen molar-refractivity contribution in [1.82, 2.24) is 15.2 Å². The largest absolute Gasteiger partial charge is 0.503 e. The topological polar surface area (TPSA) is 125 Å². The number of aryl methyl sites for hydroxylation is 1. The summed E-state index contributed by atoms with van der Waals surface area (Å²) in [4.78, 5) is 26.6. The summed E-state index contributed by atoms with van der Waals surface area (Å²) in [6.07, 6.45) is 1.39. The van der Waals surface area contributed by atoms with Crippen LogP contribution in [0.2, 0.25) is 5.15 Å². The SMILES string of the molecule is CCOC(=O)c1ccnnc1Cl.CCOC(=O)c1oc2nc(C)ccc2c1O. The summed E-state index contributed by atoms with van der Waals surface area (Å²) in [5.41, 5.74) is 1.23. The van der Waals surface area contributed by atoms with Gasteiger partial charge >= 0.3 is 11.9 Å². The smallest absolute Gasteiger partial charge is 0.378 e. The van der Waals surface area contributed by atoms with E-state index in [1.807, 2.05) is 0 Å². The number of hydrogen-bond donors (Lipinski definition) is 1. The summed E-state index contributed by atoms with van der Waals surface area (Å²) in [6, 6.07) is 4.85. The Hall–Kier alpha value is -3.20. The molecule has 0 atom stereocenters. The Kier molecular flexibility index (Phi) is 7.28. The van der Waals surface area contributed by atoms with Gasteiger partial charge in [-0.05, 0) is 39.0 Å². The predicted molar refractivity (Wildman–Crippen MR) is 99.4 cm³/mol. The van der Waals surface area contributed by atoms with Crippen LogP contribution in [-0.2, 0) is 9.47 Å². The van der Waals surface area contributed by atoms with Gasteiger partial charge in [0, 0.05) is 5.69 Å². The maximum absolute atomic E-state index is 11.4. The lowest BCUT2D eigenvalue weighted by atomic mass is 10.2. The summed E-state index contributed by atoms with van der Waals surface area (Å²) in [5.74, 6) is -1.58. The third kappa shape index (κ3) is 4.95. The van der Waals surface area contributed by atoms with E-state index in [1.165, 1.54) is 12.3 Å². The fourth-order valence-electron chi connectivity index (χ4n) is 2.07. The molecule has 3 heterocycles. The summed E-state index contributed by atoms with van der Waals surface area (Å²) < 4.78 is 14.6. The van der Waals surface area contributed by atoms with Crippen LogP contribution in [0.1, 0.15) is 40.5 Å². The molecule has 0 unspecified atom stereocenters. The van der Waals surface area contributed by atoms with Crippen LogP contribution in [0.15, 0.2) is 28.8 Å². The summed E-state index contributed by atoms with van der Waals surface area (Å²) in [6.45, 7) is 5.74. The van der Waals surface area contributed by atoms with Crippen LogP contribution in [0.3, 0.4) is 0 Å². The van der Waals surface area contributed by atoms with Crippen molar-refractivity contribution in [2.24, 2.45) is 0 Å². The molecular formula is C18H18ClN3O6. The second-order valence-corrected chi connectivity index (χ2v) is 5.62. The summed E-state index contributed by atoms with van der Waals surface area (Å²) in [7, 11) is 0. The van der Waals surface area contributed by atoms with Gasteiger partial charge in [-0.15, -0.1) is 5.10 Å². The van der Waals surface area contributed by atoms with Crippen molar-refractivity contribution in [1.29, 1.82) is 0 Å². The van der Waals surface area contributed by atoms with E-state index in [4.69, 9.17) is 25.5 Å². The van der Waals surface area contributed by atoms with Crippen LogP contribution in [0, 0.1) is 6.92 Å². The van der Waals surface area contributed by atoms with E-state index in [9.17, 15) is 14.7 Å². The quantitative estimate of drug-likeness (QED) is 0.648. The highest BCUT2D eigenvalue weighted by molar-refractivity contribution is 6.32. The molecule has 9 nitrogen and oxygen atoms in total. The van der Waals surface area contributed by atoms with Gasteiger partial charge in [0.25, 0.3) is 5.76 Å². The molecule has 0 aliphatic carbocycles. The number of ether oxygens (including phenoxy) is 2. The van der Waals surface area contributed by atoms with E-state index in [-0.39, 0.29) is 34.5 Å². The Morgan fingerprint density at radius 1 is 1.14 bits per heavy atom. The van der Waals surface area contributed by atoms with Crippen LogP contribution in [0.4, 0.5) is 0 Å². The van der Waals surface area contributed by atoms with Crippen LogP contribution in [-0.4, -0.2) is 45.4 Å². The number of nitrogens with zero attached hydrogens (tertiary/aromatic N) is 3. The minimum Gasteiger partial charge on any atom is -0.503 e. The lowest BCUT2D eigenvalue weighted by Gasteiger charge is -2.00. The number of hydrogen-bond acceptors (Lipinski definition) is 9. The maximum atomic E-state index is 11.4. The highest BCUT2D eigenvalue weighted by atomic mass is 35.5. The Morgan fingerprint density at radius 3 is 2.46 bits per heavy atom. The fourth-order valence-corrected chi connectivity index (χ4v) is 2.25. The van der Waals surface area contributed by atoms with Crippen molar-refractivity contribution in [3.8, 4) is 5.75 Å². The van der Waals surface area contributed by atoms with Crippen LogP contribution in [0.25, 0.3) is 11.1 Å². The first-order valence-electron chi connectivity index (χ1n) is 8.29. The van der Waals surface area contributed by atoms with Gasteiger partial charge in [-0.25, -0.2) is 14.6 Å². The van der Waals surface area contributed by atoms with Gasteiger partial charge in [0.1, 0.15) is 5.56 Å². The van der Waals surface area contributed by atoms with Crippen molar-refractivity contribution in [3.63, 3.8) is 0 Å². The Morgan fingerprint density at radius 2 is 1.82 bits per heavy atom. The second kappa shape index (κ2) is 9.65. The molecule has 0 fully saturated rings. The number of fused-ring (bicyclic) bond motifs is 1. The zero-order valence-electron chi connectivity index (χ0n) is 15.4. The first-order valence-corrected chi connectivity index (χ1v) is 8.67. The van der Waals surface area contributed by atoms with Gasteiger partial charge in [0.15, 0.2) is 10.9 Å². The van der Waals surface area contributed by atoms with E-state index in [1.54, 1.807) is 32.9 Å². The predicted octanol–water partition coefficient (Wildman–Crippen LogP) is 3.33. The second-order valence-electron chi connectivity index (χ2n) is 5.26. The number of rotatable bonds is 4. The van der Waals surface area contributed by atoms with Crippen LogP contribution in [0.5, 0.6) is 5.75 Å². The first kappa shape index (κ1) is 21.1. The summed E-state index contributed by atoms with van der Waals surface area (Å²) in [5, 5.41) is 17.2. The van der Waals surface area contributed by atoms with Gasteiger partial charge < -0.3 is 19.0 Å². The molecule has 0 aromatic carbocycles. The van der Waals surface area contributed by atoms with Gasteiger partial charge in [-0.1, -0.05) is 11.6 Å². The number of halogens is 1. The maximum Gasteiger partial charge on any atom is 0.378 e. The Balaban J connectivity index is 0.000000209. The number of carbonyl (C=O) groups excluding carboxylic acids is 2. The highest BCUT2D eigenvalue weighted by Gasteiger charge is 2.21. The standard InChI is InChI=1S/C11H11NO4.C7H7ClN2O2/c1-3-15-11(14)9-8(13)7-5-4-6(2)12-10(7)16-9;1-2-12-7(11)5-3-4-9-10-6(5)8/h4-5,13H,3H2,1-2H3;3-4H,2H2,1H3. The average Bonchev–Trinajstić information content (AvgIpc) is 2.99. The molecule has 28 heavy (non-hydrogen) atoms. The first-order chi connectivity index (χ1) is 13.4. The molecule has 0 bridgehead atoms. The summed E-state index contributed by atoms with van der Waals surface area (Å²) >= 11 is 5.58. The molecule has 0 radical (unpaired) electrons. The number of esters is 2. The van der Waals surface area contributed by atoms with E-state index in [0.717, 1.165) is 5.69 Å². The molecule has 0 aliphatic heterocycles. The average molecular weight is 408 g/mol.